The third kappa shape index (κ3) is 1.74. The summed E-state index contributed by atoms with van der Waals surface area (Å²) >= 11 is 0. The number of ketones is 1. The zero-order chi connectivity index (χ0) is 10.7. The van der Waals surface area contributed by atoms with Gasteiger partial charge < -0.3 is 4.74 Å². The Morgan fingerprint density at radius 1 is 1.50 bits per heavy atom. The number of methoxy groups -OCH3 is 1. The summed E-state index contributed by atoms with van der Waals surface area (Å²) in [5.41, 5.74) is 1.73. The van der Waals surface area contributed by atoms with E-state index in [-0.39, 0.29) is 5.78 Å². The Bertz CT molecular complexity index is 416. The fourth-order valence-corrected chi connectivity index (χ4v) is 1.29. The van der Waals surface area contributed by atoms with Gasteiger partial charge in [0, 0.05) is 5.56 Å². The second-order valence-electron chi connectivity index (χ2n) is 3.02. The van der Waals surface area contributed by atoms with Crippen LogP contribution in [0.15, 0.2) is 12.1 Å². The highest BCUT2D eigenvalue weighted by molar-refractivity contribution is 5.96. The van der Waals surface area contributed by atoms with Gasteiger partial charge in [0.1, 0.15) is 5.75 Å². The SMILES string of the molecule is COc1cc(C#N)c(C)c(C(C)=O)c1. The fourth-order valence-electron chi connectivity index (χ4n) is 1.29. The minimum atomic E-state index is -0.0575. The van der Waals surface area contributed by atoms with E-state index in [1.807, 2.05) is 6.07 Å². The van der Waals surface area contributed by atoms with Gasteiger partial charge >= 0.3 is 0 Å². The Balaban J connectivity index is 3.44. The number of hydrogen-bond donors (Lipinski definition) is 0. The predicted molar refractivity (Wildman–Crippen MR) is 52.5 cm³/mol. The summed E-state index contributed by atoms with van der Waals surface area (Å²) in [5, 5.41) is 8.83. The van der Waals surface area contributed by atoms with Gasteiger partial charge in [-0.05, 0) is 31.5 Å². The predicted octanol–water partition coefficient (Wildman–Crippen LogP) is 2.08. The molecule has 0 atom stereocenters. The van der Waals surface area contributed by atoms with Crippen molar-refractivity contribution < 1.29 is 9.53 Å². The first-order valence-electron chi connectivity index (χ1n) is 4.19. The Morgan fingerprint density at radius 2 is 2.14 bits per heavy atom. The number of nitrogens with zero attached hydrogens (tertiary/aromatic N) is 1. The van der Waals surface area contributed by atoms with E-state index in [1.54, 1.807) is 19.1 Å². The number of carbonyl (C=O) groups excluding carboxylic acids is 1. The van der Waals surface area contributed by atoms with Gasteiger partial charge in [0.05, 0.1) is 18.7 Å². The zero-order valence-corrected chi connectivity index (χ0v) is 8.42. The molecule has 0 amide bonds. The van der Waals surface area contributed by atoms with E-state index >= 15 is 0 Å². The second-order valence-corrected chi connectivity index (χ2v) is 3.02. The summed E-state index contributed by atoms with van der Waals surface area (Å²) < 4.78 is 5.00. The summed E-state index contributed by atoms with van der Waals surface area (Å²) in [6, 6.07) is 5.31. The van der Waals surface area contributed by atoms with E-state index in [0.29, 0.717) is 22.4 Å². The van der Waals surface area contributed by atoms with Crippen LogP contribution in [-0.4, -0.2) is 12.9 Å². The first kappa shape index (κ1) is 10.3. The largest absolute Gasteiger partial charge is 0.497 e. The smallest absolute Gasteiger partial charge is 0.160 e. The van der Waals surface area contributed by atoms with Crippen molar-refractivity contribution in [1.82, 2.24) is 0 Å². The molecule has 0 aliphatic carbocycles. The first-order chi connectivity index (χ1) is 6.60. The average molecular weight is 189 g/mol. The molecule has 0 saturated heterocycles. The maximum atomic E-state index is 11.2. The second kappa shape index (κ2) is 3.93. The van der Waals surface area contributed by atoms with Gasteiger partial charge in [0.15, 0.2) is 5.78 Å². The minimum Gasteiger partial charge on any atom is -0.497 e. The number of benzene rings is 1. The minimum absolute atomic E-state index is 0.0575. The molecule has 1 aromatic carbocycles. The highest BCUT2D eigenvalue weighted by atomic mass is 16.5. The number of ether oxygens (including phenoxy) is 1. The van der Waals surface area contributed by atoms with Crippen LogP contribution in [0.1, 0.15) is 28.4 Å². The molecule has 0 spiro atoms. The van der Waals surface area contributed by atoms with Crippen LogP contribution in [0.2, 0.25) is 0 Å². The Hall–Kier alpha value is -1.82. The van der Waals surface area contributed by atoms with Crippen molar-refractivity contribution in [2.24, 2.45) is 0 Å². The highest BCUT2D eigenvalue weighted by Crippen LogP contribution is 2.21. The van der Waals surface area contributed by atoms with E-state index < -0.39 is 0 Å². The van der Waals surface area contributed by atoms with Gasteiger partial charge in [-0.1, -0.05) is 0 Å². The van der Waals surface area contributed by atoms with Crippen molar-refractivity contribution in [3.05, 3.63) is 28.8 Å². The molecule has 1 rings (SSSR count). The lowest BCUT2D eigenvalue weighted by atomic mass is 10.00. The molecule has 72 valence electrons. The molecule has 0 heterocycles. The highest BCUT2D eigenvalue weighted by Gasteiger charge is 2.10. The van der Waals surface area contributed by atoms with Gasteiger partial charge in [-0.25, -0.2) is 0 Å². The van der Waals surface area contributed by atoms with Gasteiger partial charge in [0.2, 0.25) is 0 Å². The van der Waals surface area contributed by atoms with Crippen molar-refractivity contribution in [1.29, 1.82) is 5.26 Å². The summed E-state index contributed by atoms with van der Waals surface area (Å²) in [6.45, 7) is 3.23. The standard InChI is InChI=1S/C11H11NO2/c1-7-9(6-12)4-10(14-3)5-11(7)8(2)13/h4-5H,1-3H3. The van der Waals surface area contributed by atoms with Gasteiger partial charge in [-0.3, -0.25) is 4.79 Å². The van der Waals surface area contributed by atoms with Crippen LogP contribution in [0, 0.1) is 18.3 Å². The molecule has 0 saturated carbocycles. The topological polar surface area (TPSA) is 50.1 Å². The van der Waals surface area contributed by atoms with Crippen molar-refractivity contribution in [3.63, 3.8) is 0 Å². The number of carbonyl (C=O) groups is 1. The third-order valence-corrected chi connectivity index (χ3v) is 2.12. The Kier molecular flexibility index (Phi) is 2.88. The molecule has 3 heteroatoms. The van der Waals surface area contributed by atoms with Crippen LogP contribution in [-0.2, 0) is 0 Å². The molecule has 0 aromatic heterocycles. The molecule has 3 nitrogen and oxygen atoms in total. The summed E-state index contributed by atoms with van der Waals surface area (Å²) in [7, 11) is 1.51. The molecule has 0 N–H and O–H groups in total. The summed E-state index contributed by atoms with van der Waals surface area (Å²) in [5.74, 6) is 0.482. The number of rotatable bonds is 2. The molecule has 0 aliphatic rings. The quantitative estimate of drug-likeness (QED) is 0.669. The maximum Gasteiger partial charge on any atom is 0.160 e. The molecular weight excluding hydrogens is 178 g/mol. The van der Waals surface area contributed by atoms with Crippen molar-refractivity contribution in [2.75, 3.05) is 7.11 Å². The van der Waals surface area contributed by atoms with Crippen LogP contribution in [0.5, 0.6) is 5.75 Å². The van der Waals surface area contributed by atoms with E-state index in [1.165, 1.54) is 14.0 Å². The molecule has 0 fully saturated rings. The lowest BCUT2D eigenvalue weighted by molar-refractivity contribution is 0.101. The number of nitriles is 1. The van der Waals surface area contributed by atoms with Gasteiger partial charge in [-0.15, -0.1) is 0 Å². The monoisotopic (exact) mass is 189 g/mol. The molecular formula is C11H11NO2. The van der Waals surface area contributed by atoms with Crippen LogP contribution < -0.4 is 4.74 Å². The lowest BCUT2D eigenvalue weighted by Gasteiger charge is -2.07. The van der Waals surface area contributed by atoms with E-state index in [0.717, 1.165) is 0 Å². The molecule has 14 heavy (non-hydrogen) atoms. The summed E-state index contributed by atoms with van der Waals surface area (Å²) in [4.78, 5) is 11.2. The van der Waals surface area contributed by atoms with Crippen LogP contribution in [0.25, 0.3) is 0 Å². The molecule has 0 unspecified atom stereocenters. The van der Waals surface area contributed by atoms with E-state index in [9.17, 15) is 4.79 Å². The normalized spacial score (nSPS) is 9.29. The van der Waals surface area contributed by atoms with Crippen molar-refractivity contribution in [2.45, 2.75) is 13.8 Å². The lowest BCUT2D eigenvalue weighted by Crippen LogP contribution is -2.00. The van der Waals surface area contributed by atoms with Crippen LogP contribution in [0.4, 0.5) is 0 Å². The Labute approximate surface area is 82.9 Å². The van der Waals surface area contributed by atoms with Crippen molar-refractivity contribution in [3.8, 4) is 11.8 Å². The van der Waals surface area contributed by atoms with E-state index in [4.69, 9.17) is 10.00 Å². The fraction of sp³-hybridized carbons (Fsp3) is 0.273. The molecule has 0 aliphatic heterocycles. The number of Topliss-reactive ketones (excluding diaryl/α,β-unsaturated/α-hetero) is 1. The molecule has 1 aromatic rings. The summed E-state index contributed by atoms with van der Waals surface area (Å²) in [6.07, 6.45) is 0. The van der Waals surface area contributed by atoms with Gasteiger partial charge in [-0.2, -0.15) is 5.26 Å². The molecule has 0 bridgehead atoms. The first-order valence-corrected chi connectivity index (χ1v) is 4.19. The van der Waals surface area contributed by atoms with Gasteiger partial charge in [0.25, 0.3) is 0 Å². The average Bonchev–Trinajstić information content (AvgIpc) is 2.17. The van der Waals surface area contributed by atoms with Crippen LogP contribution in [0.3, 0.4) is 0 Å². The zero-order valence-electron chi connectivity index (χ0n) is 8.42. The van der Waals surface area contributed by atoms with Crippen LogP contribution >= 0.6 is 0 Å². The van der Waals surface area contributed by atoms with E-state index in [2.05, 4.69) is 0 Å². The Morgan fingerprint density at radius 3 is 2.57 bits per heavy atom. The maximum absolute atomic E-state index is 11.2. The third-order valence-electron chi connectivity index (χ3n) is 2.12. The van der Waals surface area contributed by atoms with Crippen molar-refractivity contribution >= 4 is 5.78 Å². The number of hydrogen-bond acceptors (Lipinski definition) is 3. The molecule has 0 radical (unpaired) electrons.